The maximum absolute atomic E-state index is 6.81. The number of hydrogen-bond acceptors (Lipinski definition) is 6. The fourth-order valence-electron chi connectivity index (χ4n) is 3.66. The summed E-state index contributed by atoms with van der Waals surface area (Å²) in [5.74, 6) is -2.13. The van der Waals surface area contributed by atoms with Crippen molar-refractivity contribution in [2.75, 3.05) is 0 Å². The molecule has 0 radical (unpaired) electrons. The molecule has 0 atom stereocenters. The average Bonchev–Trinajstić information content (AvgIpc) is 3.48. The molecule has 0 bridgehead atoms. The minimum absolute atomic E-state index is 0.205. The zero-order chi connectivity index (χ0) is 27.0. The zero-order valence-corrected chi connectivity index (χ0v) is 26.4. The van der Waals surface area contributed by atoms with Crippen LogP contribution in [0.25, 0.3) is 0 Å². The number of rotatable bonds is 0. The molecular weight excluding hydrogens is 769 g/mol. The predicted octanol–water partition coefficient (Wildman–Crippen LogP) is 12.8. The van der Waals surface area contributed by atoms with E-state index in [-0.39, 0.29) is 94.8 Å². The number of halogens is 12. The Kier molecular flexibility index (Phi) is 5.96. The van der Waals surface area contributed by atoms with Crippen molar-refractivity contribution in [2.45, 2.75) is 0 Å². The van der Waals surface area contributed by atoms with Gasteiger partial charge in [-0.25, -0.2) is 0 Å². The van der Waals surface area contributed by atoms with Crippen molar-refractivity contribution < 1.29 is 27.1 Å². The molecule has 1 spiro atoms. The van der Waals surface area contributed by atoms with E-state index < -0.39 is 7.31 Å². The predicted molar refractivity (Wildman–Crippen MR) is 150 cm³/mol. The fourth-order valence-corrected chi connectivity index (χ4v) is 10.5. The molecule has 0 N–H and O–H groups in total. The second kappa shape index (κ2) is 8.01. The number of fused-ring (bicyclic) bond motifs is 3. The third-order valence-corrected chi connectivity index (χ3v) is 13.8. The Labute approximate surface area is 266 Å². The van der Waals surface area contributed by atoms with E-state index in [1.54, 1.807) is 0 Å². The van der Waals surface area contributed by atoms with Gasteiger partial charge in [-0.15, -0.1) is 0 Å². The molecule has 198 valence electrons. The molecule has 0 amide bonds. The van der Waals surface area contributed by atoms with Crippen LogP contribution in [0.15, 0.2) is 0 Å². The summed E-state index contributed by atoms with van der Waals surface area (Å²) in [4.78, 5) is 0. The van der Waals surface area contributed by atoms with Gasteiger partial charge in [0.1, 0.15) is 0 Å². The van der Waals surface area contributed by atoms with Crippen LogP contribution in [-0.4, -0.2) is 0 Å². The summed E-state index contributed by atoms with van der Waals surface area (Å²) in [6, 6.07) is 0. The SMILES string of the molecule is Clc1c(Cl)c(Cl)c2c(c1Cl)O[P-]13(O2)(Oc2c(Cl)c(Cl)c(Cl)c(Cl)c2O1)Oc1c(Cl)c(Cl)c(Cl)c(Cl)c1O3. The summed E-state index contributed by atoms with van der Waals surface area (Å²) in [6.45, 7) is 0. The quantitative estimate of drug-likeness (QED) is 0.129. The topological polar surface area (TPSA) is 55.4 Å². The number of hydrogen-bond donors (Lipinski definition) is 0. The van der Waals surface area contributed by atoms with Gasteiger partial charge in [-0.2, -0.15) is 0 Å². The van der Waals surface area contributed by atoms with Gasteiger partial charge >= 0.3 is 268 Å². The standard InChI is InChI=1S/C18Cl12O6P/c19-1-2(20)8(26)14-13(7(1)25)31-37(32-14,33-15-9(27)3(21)4(22)10(28)16(15)34-37)35-17-11(29)5(23)6(24)12(30)18(17)36-37/q-1. The van der Waals surface area contributed by atoms with Gasteiger partial charge < -0.3 is 0 Å². The van der Waals surface area contributed by atoms with E-state index >= 15 is 0 Å². The summed E-state index contributed by atoms with van der Waals surface area (Å²) < 4.78 is 36.9. The molecule has 0 saturated heterocycles. The monoisotopic (exact) mass is 763 g/mol. The van der Waals surface area contributed by atoms with E-state index in [0.29, 0.717) is 0 Å². The molecule has 0 fully saturated rings. The molecule has 6 nitrogen and oxygen atoms in total. The Morgan fingerprint density at radius 3 is 0.514 bits per heavy atom. The molecule has 37 heavy (non-hydrogen) atoms. The first-order chi connectivity index (χ1) is 17.1. The molecular formula is C18Cl12O6P-. The van der Waals surface area contributed by atoms with E-state index in [4.69, 9.17) is 166 Å². The molecule has 3 aliphatic rings. The average molecular weight is 769 g/mol. The summed E-state index contributed by atoms with van der Waals surface area (Å²) in [5, 5.41) is -2.92. The van der Waals surface area contributed by atoms with Gasteiger partial charge in [0.2, 0.25) is 0 Å². The Morgan fingerprint density at radius 2 is 0.378 bits per heavy atom. The molecule has 6 rings (SSSR count). The Hall–Kier alpha value is 0.370. The third-order valence-electron chi connectivity index (χ3n) is 5.21. The molecule has 19 heteroatoms. The molecule has 0 aromatic heterocycles. The van der Waals surface area contributed by atoms with E-state index in [0.717, 1.165) is 0 Å². The van der Waals surface area contributed by atoms with Crippen molar-refractivity contribution in [3.05, 3.63) is 60.3 Å². The second-order valence-electron chi connectivity index (χ2n) is 7.41. The summed E-state index contributed by atoms with van der Waals surface area (Å²) in [6.07, 6.45) is 0. The summed E-state index contributed by atoms with van der Waals surface area (Å²) >= 11 is 75.9. The first-order valence-corrected chi connectivity index (χ1v) is 15.8. The van der Waals surface area contributed by atoms with Crippen LogP contribution in [0.1, 0.15) is 0 Å². The van der Waals surface area contributed by atoms with Crippen molar-refractivity contribution in [3.8, 4) is 34.5 Å². The molecule has 3 aromatic carbocycles. The van der Waals surface area contributed by atoms with Gasteiger partial charge in [-0.1, -0.05) is 0 Å². The van der Waals surface area contributed by atoms with E-state index in [9.17, 15) is 0 Å². The van der Waals surface area contributed by atoms with Crippen LogP contribution in [0.5, 0.6) is 34.5 Å². The van der Waals surface area contributed by atoms with Crippen molar-refractivity contribution >= 4 is 147 Å². The molecule has 3 heterocycles. The maximum atomic E-state index is 6.42. The van der Waals surface area contributed by atoms with Gasteiger partial charge in [0.25, 0.3) is 0 Å². The van der Waals surface area contributed by atoms with Crippen LogP contribution in [0.2, 0.25) is 60.3 Å². The van der Waals surface area contributed by atoms with Crippen LogP contribution in [0, 0.1) is 0 Å². The molecule has 0 aliphatic carbocycles. The molecule has 3 aliphatic heterocycles. The molecule has 0 saturated carbocycles. The van der Waals surface area contributed by atoms with Crippen LogP contribution < -0.4 is 27.1 Å². The Bertz CT molecular complexity index is 1350. The minimum atomic E-state index is -6.81. The van der Waals surface area contributed by atoms with E-state index in [1.165, 1.54) is 0 Å². The summed E-state index contributed by atoms with van der Waals surface area (Å²) in [7, 11) is -6.81. The molecule has 0 unspecified atom stereocenters. The number of benzene rings is 3. The fraction of sp³-hybridized carbons (Fsp3) is 0. The summed E-state index contributed by atoms with van der Waals surface area (Å²) in [5.41, 5.74) is 0. The van der Waals surface area contributed by atoms with Crippen LogP contribution in [-0.2, 0) is 0 Å². The zero-order valence-electron chi connectivity index (χ0n) is 16.4. The Morgan fingerprint density at radius 1 is 0.243 bits per heavy atom. The van der Waals surface area contributed by atoms with Crippen LogP contribution in [0.3, 0.4) is 0 Å². The van der Waals surface area contributed by atoms with Gasteiger partial charge in [0.15, 0.2) is 0 Å². The first kappa shape index (κ1) is 27.5. The van der Waals surface area contributed by atoms with Gasteiger partial charge in [-0.05, 0) is 0 Å². The van der Waals surface area contributed by atoms with Crippen LogP contribution >= 0.6 is 147 Å². The normalized spacial score (nSPS) is 20.1. The van der Waals surface area contributed by atoms with E-state index in [2.05, 4.69) is 0 Å². The van der Waals surface area contributed by atoms with Crippen molar-refractivity contribution in [2.24, 2.45) is 0 Å². The van der Waals surface area contributed by atoms with Crippen molar-refractivity contribution in [3.63, 3.8) is 0 Å². The first-order valence-electron chi connectivity index (χ1n) is 9.09. The molecule has 3 aromatic rings. The van der Waals surface area contributed by atoms with Gasteiger partial charge in [0.05, 0.1) is 0 Å². The third kappa shape index (κ3) is 3.28. The van der Waals surface area contributed by atoms with Crippen molar-refractivity contribution in [1.82, 2.24) is 0 Å². The van der Waals surface area contributed by atoms with Crippen LogP contribution in [0.4, 0.5) is 0 Å². The second-order valence-corrected chi connectivity index (χ2v) is 15.3. The van der Waals surface area contributed by atoms with Gasteiger partial charge in [-0.3, -0.25) is 0 Å². The Balaban J connectivity index is 1.72. The van der Waals surface area contributed by atoms with Crippen molar-refractivity contribution in [1.29, 1.82) is 0 Å². The van der Waals surface area contributed by atoms with Gasteiger partial charge in [0, 0.05) is 0 Å². The van der Waals surface area contributed by atoms with E-state index in [1.807, 2.05) is 0 Å².